The van der Waals surface area contributed by atoms with Gasteiger partial charge in [0.25, 0.3) is 0 Å². The fourth-order valence-corrected chi connectivity index (χ4v) is 2.76. The Morgan fingerprint density at radius 3 is 2.55 bits per heavy atom. The van der Waals surface area contributed by atoms with Crippen molar-refractivity contribution in [2.45, 2.75) is 57.8 Å². The molecule has 0 saturated heterocycles. The zero-order chi connectivity index (χ0) is 14.4. The van der Waals surface area contributed by atoms with Gasteiger partial charge in [-0.15, -0.1) is 0 Å². The van der Waals surface area contributed by atoms with Crippen LogP contribution >= 0.6 is 0 Å². The smallest absolute Gasteiger partial charge is 0.124 e. The molecular weight excluding hydrogens is 250 g/mol. The van der Waals surface area contributed by atoms with Crippen molar-refractivity contribution in [2.75, 3.05) is 13.7 Å². The molecule has 0 heterocycles. The molecule has 3 heteroatoms. The first kappa shape index (κ1) is 15.3. The van der Waals surface area contributed by atoms with Crippen molar-refractivity contribution in [3.05, 3.63) is 29.8 Å². The van der Waals surface area contributed by atoms with Gasteiger partial charge in [0, 0.05) is 18.2 Å². The maximum atomic E-state index is 6.35. The van der Waals surface area contributed by atoms with E-state index in [0.717, 1.165) is 17.9 Å². The number of para-hydroxylation sites is 1. The first-order valence-corrected chi connectivity index (χ1v) is 7.72. The molecule has 0 aliphatic heterocycles. The lowest BCUT2D eigenvalue weighted by Gasteiger charge is -2.25. The second kappa shape index (κ2) is 7.65. The minimum absolute atomic E-state index is 0.0663. The van der Waals surface area contributed by atoms with Crippen molar-refractivity contribution in [1.82, 2.24) is 5.32 Å². The Morgan fingerprint density at radius 1 is 1.20 bits per heavy atom. The van der Waals surface area contributed by atoms with E-state index in [1.165, 1.54) is 25.7 Å². The minimum atomic E-state index is 0.0663. The van der Waals surface area contributed by atoms with E-state index in [0.29, 0.717) is 12.1 Å². The Kier molecular flexibility index (Phi) is 5.86. The van der Waals surface area contributed by atoms with Crippen LogP contribution in [0, 0.1) is 0 Å². The van der Waals surface area contributed by atoms with Crippen LogP contribution in [0.1, 0.15) is 51.2 Å². The van der Waals surface area contributed by atoms with Crippen molar-refractivity contribution in [2.24, 2.45) is 0 Å². The molecule has 0 bridgehead atoms. The molecule has 1 aromatic carbocycles. The Labute approximate surface area is 122 Å². The summed E-state index contributed by atoms with van der Waals surface area (Å²) in [4.78, 5) is 0. The third-order valence-corrected chi connectivity index (χ3v) is 3.86. The topological polar surface area (TPSA) is 30.5 Å². The summed E-state index contributed by atoms with van der Waals surface area (Å²) in [6, 6.07) is 8.64. The highest BCUT2D eigenvalue weighted by Gasteiger charge is 2.23. The molecule has 1 aliphatic carbocycles. The van der Waals surface area contributed by atoms with Crippen LogP contribution in [0.5, 0.6) is 5.75 Å². The van der Waals surface area contributed by atoms with E-state index in [1.54, 1.807) is 7.11 Å². The van der Waals surface area contributed by atoms with Crippen LogP contribution in [-0.2, 0) is 4.74 Å². The van der Waals surface area contributed by atoms with E-state index in [9.17, 15) is 0 Å². The largest absolute Gasteiger partial charge is 0.496 e. The normalized spacial score (nSPS) is 17.6. The van der Waals surface area contributed by atoms with Gasteiger partial charge in [0.1, 0.15) is 5.75 Å². The van der Waals surface area contributed by atoms with E-state index < -0.39 is 0 Å². The van der Waals surface area contributed by atoms with Gasteiger partial charge >= 0.3 is 0 Å². The van der Waals surface area contributed by atoms with E-state index >= 15 is 0 Å². The predicted molar refractivity (Wildman–Crippen MR) is 82.2 cm³/mol. The molecule has 3 nitrogen and oxygen atoms in total. The lowest BCUT2D eigenvalue weighted by Crippen LogP contribution is -2.31. The van der Waals surface area contributed by atoms with Crippen LogP contribution in [-0.4, -0.2) is 25.8 Å². The zero-order valence-electron chi connectivity index (χ0n) is 12.9. The van der Waals surface area contributed by atoms with Gasteiger partial charge in [-0.05, 0) is 18.9 Å². The van der Waals surface area contributed by atoms with Crippen LogP contribution in [0.3, 0.4) is 0 Å². The van der Waals surface area contributed by atoms with Crippen LogP contribution in [0.4, 0.5) is 0 Å². The summed E-state index contributed by atoms with van der Waals surface area (Å²) >= 11 is 0. The van der Waals surface area contributed by atoms with Crippen molar-refractivity contribution in [3.8, 4) is 5.75 Å². The molecule has 1 N–H and O–H groups in total. The van der Waals surface area contributed by atoms with Gasteiger partial charge in [-0.25, -0.2) is 0 Å². The maximum absolute atomic E-state index is 6.35. The second-order valence-electron chi connectivity index (χ2n) is 5.84. The maximum Gasteiger partial charge on any atom is 0.124 e. The molecule has 2 rings (SSSR count). The number of rotatable bonds is 7. The number of hydrogen-bond donors (Lipinski definition) is 1. The first-order chi connectivity index (χ1) is 9.70. The highest BCUT2D eigenvalue weighted by molar-refractivity contribution is 5.35. The highest BCUT2D eigenvalue weighted by Crippen LogP contribution is 2.32. The summed E-state index contributed by atoms with van der Waals surface area (Å²) < 4.78 is 11.8. The van der Waals surface area contributed by atoms with Gasteiger partial charge < -0.3 is 14.8 Å². The van der Waals surface area contributed by atoms with Crippen LogP contribution in [0.2, 0.25) is 0 Å². The molecule has 1 aromatic rings. The standard InChI is InChI=1S/C17H27NO2/c1-13(2)18-12-17(20-14-8-4-5-9-14)15-10-6-7-11-16(15)19-3/h6-7,10-11,13-14,17-18H,4-5,8-9,12H2,1-3H3. The van der Waals surface area contributed by atoms with E-state index in [2.05, 4.69) is 31.3 Å². The predicted octanol–water partition coefficient (Wildman–Crippen LogP) is 3.69. The number of hydrogen-bond acceptors (Lipinski definition) is 3. The van der Waals surface area contributed by atoms with Crippen molar-refractivity contribution < 1.29 is 9.47 Å². The van der Waals surface area contributed by atoms with Crippen molar-refractivity contribution in [1.29, 1.82) is 0 Å². The number of ether oxygens (including phenoxy) is 2. The highest BCUT2D eigenvalue weighted by atomic mass is 16.5. The molecule has 1 fully saturated rings. The molecule has 0 spiro atoms. The van der Waals surface area contributed by atoms with E-state index in [4.69, 9.17) is 9.47 Å². The Bertz CT molecular complexity index is 400. The monoisotopic (exact) mass is 277 g/mol. The molecular formula is C17H27NO2. The lowest BCUT2D eigenvalue weighted by molar-refractivity contribution is -0.0106. The Morgan fingerprint density at radius 2 is 1.90 bits per heavy atom. The van der Waals surface area contributed by atoms with Gasteiger partial charge in [-0.3, -0.25) is 0 Å². The molecule has 1 atom stereocenters. The molecule has 1 aliphatic rings. The van der Waals surface area contributed by atoms with Gasteiger partial charge in [0.15, 0.2) is 0 Å². The van der Waals surface area contributed by atoms with Gasteiger partial charge in [0.05, 0.1) is 19.3 Å². The van der Waals surface area contributed by atoms with Gasteiger partial charge in [-0.2, -0.15) is 0 Å². The molecule has 112 valence electrons. The lowest BCUT2D eigenvalue weighted by atomic mass is 10.1. The van der Waals surface area contributed by atoms with Gasteiger partial charge in [0.2, 0.25) is 0 Å². The van der Waals surface area contributed by atoms with Crippen molar-refractivity contribution in [3.63, 3.8) is 0 Å². The molecule has 0 radical (unpaired) electrons. The fourth-order valence-electron chi connectivity index (χ4n) is 2.76. The number of nitrogens with one attached hydrogen (secondary N) is 1. The Hall–Kier alpha value is -1.06. The molecule has 0 aromatic heterocycles. The molecule has 0 amide bonds. The average molecular weight is 277 g/mol. The summed E-state index contributed by atoms with van der Waals surface area (Å²) in [6.45, 7) is 5.15. The minimum Gasteiger partial charge on any atom is -0.496 e. The Balaban J connectivity index is 2.10. The molecule has 1 saturated carbocycles. The van der Waals surface area contributed by atoms with Gasteiger partial charge in [-0.1, -0.05) is 44.9 Å². The van der Waals surface area contributed by atoms with E-state index in [1.807, 2.05) is 12.1 Å². The third kappa shape index (κ3) is 4.22. The number of methoxy groups -OCH3 is 1. The van der Waals surface area contributed by atoms with Crippen LogP contribution in [0.25, 0.3) is 0 Å². The SMILES string of the molecule is COc1ccccc1C(CNC(C)C)OC1CCCC1. The summed E-state index contributed by atoms with van der Waals surface area (Å²) in [5.74, 6) is 0.918. The quantitative estimate of drug-likeness (QED) is 0.824. The third-order valence-electron chi connectivity index (χ3n) is 3.86. The first-order valence-electron chi connectivity index (χ1n) is 7.72. The average Bonchev–Trinajstić information content (AvgIpc) is 2.96. The second-order valence-corrected chi connectivity index (χ2v) is 5.84. The van der Waals surface area contributed by atoms with Crippen LogP contribution < -0.4 is 10.1 Å². The fraction of sp³-hybridized carbons (Fsp3) is 0.647. The van der Waals surface area contributed by atoms with E-state index in [-0.39, 0.29) is 6.10 Å². The van der Waals surface area contributed by atoms with Crippen LogP contribution in [0.15, 0.2) is 24.3 Å². The summed E-state index contributed by atoms with van der Waals surface area (Å²) in [5.41, 5.74) is 1.15. The number of benzene rings is 1. The summed E-state index contributed by atoms with van der Waals surface area (Å²) in [7, 11) is 1.72. The summed E-state index contributed by atoms with van der Waals surface area (Å²) in [5, 5.41) is 3.49. The summed E-state index contributed by atoms with van der Waals surface area (Å²) in [6.07, 6.45) is 5.43. The molecule has 1 unspecified atom stereocenters. The molecule has 20 heavy (non-hydrogen) atoms. The zero-order valence-corrected chi connectivity index (χ0v) is 12.9. The van der Waals surface area contributed by atoms with Crippen molar-refractivity contribution >= 4 is 0 Å².